The van der Waals surface area contributed by atoms with E-state index in [1.165, 1.54) is 6.07 Å². The minimum absolute atomic E-state index is 0.228. The van der Waals surface area contributed by atoms with Crippen molar-refractivity contribution in [2.45, 2.75) is 13.1 Å². The van der Waals surface area contributed by atoms with Gasteiger partial charge in [0.15, 0.2) is 5.82 Å². The van der Waals surface area contributed by atoms with E-state index < -0.39 is 23.1 Å². The number of benzene rings is 1. The van der Waals surface area contributed by atoms with Crippen LogP contribution >= 0.6 is 0 Å². The van der Waals surface area contributed by atoms with Crippen LogP contribution in [-0.4, -0.2) is 0 Å². The van der Waals surface area contributed by atoms with Crippen LogP contribution in [0.2, 0.25) is 0 Å². The maximum atomic E-state index is 13.1. The number of halogens is 4. The van der Waals surface area contributed by atoms with Crippen molar-refractivity contribution in [3.63, 3.8) is 0 Å². The zero-order valence-electron chi connectivity index (χ0n) is 7.11. The number of alkyl halides is 3. The molecule has 1 aromatic rings. The highest BCUT2D eigenvalue weighted by Gasteiger charge is 2.36. The summed E-state index contributed by atoms with van der Waals surface area (Å²) in [7, 11) is 0. The van der Waals surface area contributed by atoms with Crippen LogP contribution < -0.4 is 0 Å². The highest BCUT2D eigenvalue weighted by atomic mass is 19.4. The molecule has 0 unspecified atom stereocenters. The van der Waals surface area contributed by atoms with E-state index in [0.717, 1.165) is 19.1 Å². The third-order valence-electron chi connectivity index (χ3n) is 1.75. The molecule has 0 aromatic heterocycles. The molecule has 0 radical (unpaired) electrons. The Bertz CT molecular complexity index is 400. The SMILES string of the molecule is Cc1ccc(C#N)c(F)c1C(F)(F)F. The van der Waals surface area contributed by atoms with E-state index in [9.17, 15) is 17.6 Å². The topological polar surface area (TPSA) is 23.8 Å². The van der Waals surface area contributed by atoms with Crippen LogP contribution in [0.5, 0.6) is 0 Å². The average Bonchev–Trinajstić information content (AvgIpc) is 2.02. The van der Waals surface area contributed by atoms with Crippen LogP contribution in [0.3, 0.4) is 0 Å². The van der Waals surface area contributed by atoms with Gasteiger partial charge in [-0.1, -0.05) is 6.07 Å². The van der Waals surface area contributed by atoms with Crippen molar-refractivity contribution in [3.8, 4) is 6.07 Å². The van der Waals surface area contributed by atoms with Gasteiger partial charge >= 0.3 is 6.18 Å². The van der Waals surface area contributed by atoms with E-state index in [1.807, 2.05) is 0 Å². The first-order chi connectivity index (χ1) is 6.38. The molecule has 1 rings (SSSR count). The number of rotatable bonds is 0. The van der Waals surface area contributed by atoms with E-state index >= 15 is 0 Å². The van der Waals surface area contributed by atoms with Crippen molar-refractivity contribution in [2.24, 2.45) is 0 Å². The zero-order valence-corrected chi connectivity index (χ0v) is 7.11. The molecule has 0 aliphatic heterocycles. The predicted molar refractivity (Wildman–Crippen MR) is 40.9 cm³/mol. The van der Waals surface area contributed by atoms with Gasteiger partial charge < -0.3 is 0 Å². The second kappa shape index (κ2) is 3.29. The molecular weight excluding hydrogens is 198 g/mol. The number of hydrogen-bond acceptors (Lipinski definition) is 1. The zero-order chi connectivity index (χ0) is 10.9. The summed E-state index contributed by atoms with van der Waals surface area (Å²) in [6.07, 6.45) is -4.76. The molecule has 1 nitrogen and oxygen atoms in total. The van der Waals surface area contributed by atoms with Crippen molar-refractivity contribution in [1.82, 2.24) is 0 Å². The van der Waals surface area contributed by atoms with Crippen LogP contribution in [0.25, 0.3) is 0 Å². The molecule has 0 saturated carbocycles. The Balaban J connectivity index is 3.50. The Labute approximate surface area is 77.6 Å². The molecular formula is C9H5F4N. The maximum Gasteiger partial charge on any atom is 0.419 e. The van der Waals surface area contributed by atoms with Gasteiger partial charge in [-0.25, -0.2) is 4.39 Å². The fourth-order valence-corrected chi connectivity index (χ4v) is 1.11. The second-order valence-corrected chi connectivity index (χ2v) is 2.73. The molecule has 0 aliphatic carbocycles. The van der Waals surface area contributed by atoms with Gasteiger partial charge in [-0.05, 0) is 18.6 Å². The molecule has 0 bridgehead atoms. The van der Waals surface area contributed by atoms with E-state index in [4.69, 9.17) is 5.26 Å². The van der Waals surface area contributed by atoms with Crippen LogP contribution in [0, 0.1) is 24.1 Å². The molecule has 0 aliphatic rings. The first-order valence-electron chi connectivity index (χ1n) is 3.64. The van der Waals surface area contributed by atoms with Gasteiger partial charge in [-0.15, -0.1) is 0 Å². The monoisotopic (exact) mass is 203 g/mol. The Morgan fingerprint density at radius 1 is 1.29 bits per heavy atom. The molecule has 0 atom stereocenters. The van der Waals surface area contributed by atoms with Crippen LogP contribution in [0.1, 0.15) is 16.7 Å². The molecule has 0 spiro atoms. The Kier molecular flexibility index (Phi) is 2.47. The predicted octanol–water partition coefficient (Wildman–Crippen LogP) is 3.02. The maximum absolute atomic E-state index is 13.1. The molecule has 0 saturated heterocycles. The summed E-state index contributed by atoms with van der Waals surface area (Å²) >= 11 is 0. The van der Waals surface area contributed by atoms with Crippen LogP contribution in [-0.2, 0) is 6.18 Å². The minimum Gasteiger partial charge on any atom is -0.205 e. The van der Waals surface area contributed by atoms with E-state index in [2.05, 4.69) is 0 Å². The first kappa shape index (κ1) is 10.5. The highest BCUT2D eigenvalue weighted by molar-refractivity contribution is 5.40. The van der Waals surface area contributed by atoms with Crippen LogP contribution in [0.15, 0.2) is 12.1 Å². The van der Waals surface area contributed by atoms with E-state index in [1.54, 1.807) is 0 Å². The van der Waals surface area contributed by atoms with Crippen molar-refractivity contribution in [2.75, 3.05) is 0 Å². The summed E-state index contributed by atoms with van der Waals surface area (Å²) in [5.41, 5.74) is -2.19. The van der Waals surface area contributed by atoms with Crippen molar-refractivity contribution in [3.05, 3.63) is 34.6 Å². The summed E-state index contributed by atoms with van der Waals surface area (Å²) in [5, 5.41) is 8.34. The summed E-state index contributed by atoms with van der Waals surface area (Å²) in [6.45, 7) is 1.15. The van der Waals surface area contributed by atoms with E-state index in [0.29, 0.717) is 0 Å². The van der Waals surface area contributed by atoms with Gasteiger partial charge in [0.25, 0.3) is 0 Å². The van der Waals surface area contributed by atoms with Gasteiger partial charge in [0.05, 0.1) is 11.1 Å². The Hall–Kier alpha value is -1.57. The number of nitriles is 1. The van der Waals surface area contributed by atoms with Crippen molar-refractivity contribution < 1.29 is 17.6 Å². The lowest BCUT2D eigenvalue weighted by atomic mass is 10.0. The lowest BCUT2D eigenvalue weighted by Crippen LogP contribution is -2.11. The molecule has 0 N–H and O–H groups in total. The van der Waals surface area contributed by atoms with Gasteiger partial charge in [0.2, 0.25) is 0 Å². The number of nitrogens with zero attached hydrogens (tertiary/aromatic N) is 1. The molecule has 14 heavy (non-hydrogen) atoms. The second-order valence-electron chi connectivity index (χ2n) is 2.73. The van der Waals surface area contributed by atoms with E-state index in [-0.39, 0.29) is 5.56 Å². The van der Waals surface area contributed by atoms with Crippen molar-refractivity contribution >= 4 is 0 Å². The Morgan fingerprint density at radius 3 is 2.29 bits per heavy atom. The smallest absolute Gasteiger partial charge is 0.205 e. The lowest BCUT2D eigenvalue weighted by Gasteiger charge is -2.11. The third kappa shape index (κ3) is 1.69. The summed E-state index contributed by atoms with van der Waals surface area (Å²) in [5.74, 6) is -1.50. The third-order valence-corrected chi connectivity index (χ3v) is 1.75. The molecule has 0 heterocycles. The molecule has 74 valence electrons. The average molecular weight is 203 g/mol. The standard InChI is InChI=1S/C9H5F4N/c1-5-2-3-6(4-14)8(10)7(5)9(11,12)13/h2-3H,1H3. The largest absolute Gasteiger partial charge is 0.419 e. The fraction of sp³-hybridized carbons (Fsp3) is 0.222. The summed E-state index contributed by atoms with van der Waals surface area (Å²) in [6, 6.07) is 3.46. The summed E-state index contributed by atoms with van der Waals surface area (Å²) < 4.78 is 49.9. The molecule has 0 fully saturated rings. The number of hydrogen-bond donors (Lipinski definition) is 0. The van der Waals surface area contributed by atoms with Gasteiger partial charge in [-0.2, -0.15) is 18.4 Å². The fourth-order valence-electron chi connectivity index (χ4n) is 1.11. The Morgan fingerprint density at radius 2 is 1.86 bits per heavy atom. The minimum atomic E-state index is -4.76. The lowest BCUT2D eigenvalue weighted by molar-refractivity contribution is -0.140. The number of aryl methyl sites for hydroxylation is 1. The molecule has 0 amide bonds. The first-order valence-corrected chi connectivity index (χ1v) is 3.64. The van der Waals surface area contributed by atoms with Gasteiger partial charge in [0, 0.05) is 0 Å². The highest BCUT2D eigenvalue weighted by Crippen LogP contribution is 2.34. The normalized spacial score (nSPS) is 11.1. The van der Waals surface area contributed by atoms with Gasteiger partial charge in [0.1, 0.15) is 6.07 Å². The van der Waals surface area contributed by atoms with Crippen molar-refractivity contribution in [1.29, 1.82) is 5.26 Å². The molecule has 5 heteroatoms. The summed E-state index contributed by atoms with van der Waals surface area (Å²) in [4.78, 5) is 0. The quantitative estimate of drug-likeness (QED) is 0.594. The van der Waals surface area contributed by atoms with Gasteiger partial charge in [-0.3, -0.25) is 0 Å². The van der Waals surface area contributed by atoms with Crippen LogP contribution in [0.4, 0.5) is 17.6 Å². The molecule has 1 aromatic carbocycles.